The number of nitrogens with zero attached hydrogens (tertiary/aromatic N) is 8. The van der Waals surface area contributed by atoms with Gasteiger partial charge in [-0.25, -0.2) is 9.97 Å². The van der Waals surface area contributed by atoms with Gasteiger partial charge in [0.1, 0.15) is 4.90 Å². The molecule has 45 heavy (non-hydrogen) atoms. The standard InChI is InChI=1S/C32H16N8O3S.Cu/c41-44(42,43)23-15-7-14-22-24(23)32-39-30-21-13-6-5-12-20(21)28(37-30)35-26-17-9-2-1-8-16(17)25(33-26)34-27-18-10-3-4-11-19(18)29(36-27)38-31(22)40-32;/h1-15H,(H-2,33,34,35,36,37,38,39,40,41,42,43);/q-2;+2. The number of aromatic nitrogens is 8. The molecule has 2 aliphatic rings. The van der Waals surface area contributed by atoms with Gasteiger partial charge in [-0.15, -0.1) is 0 Å². The van der Waals surface area contributed by atoms with Crippen LogP contribution in [0.5, 0.6) is 0 Å². The molecule has 5 heterocycles. The molecular formula is C32H16CuN8O3S. The maximum Gasteiger partial charge on any atom is 2.00 e. The quantitative estimate of drug-likeness (QED) is 0.179. The molecule has 0 saturated heterocycles. The van der Waals surface area contributed by atoms with Crippen LogP contribution in [0, 0.1) is 0 Å². The van der Waals surface area contributed by atoms with E-state index in [1.54, 1.807) is 6.07 Å². The van der Waals surface area contributed by atoms with Crippen molar-refractivity contribution in [2.24, 2.45) is 0 Å². The summed E-state index contributed by atoms with van der Waals surface area (Å²) in [4.78, 5) is 38.0. The number of hydrogen-bond acceptors (Lipinski definition) is 8. The largest absolute Gasteiger partial charge is 2.00 e. The second kappa shape index (κ2) is 9.84. The van der Waals surface area contributed by atoms with Gasteiger partial charge in [-0.1, -0.05) is 84.9 Å². The third kappa shape index (κ3) is 4.17. The second-order valence-electron chi connectivity index (χ2n) is 10.3. The summed E-state index contributed by atoms with van der Waals surface area (Å²) in [6.07, 6.45) is 0. The van der Waals surface area contributed by atoms with Gasteiger partial charge < -0.3 is 29.9 Å². The SMILES string of the molecule is O=S(=O)(O)c1cccc2c3nc4nc(nc5[n-]c(nc6nc(nc([n-]3)c12)-c1ccccc1-6)c1ccccc51)-c1ccccc1-4.[Cu+2]. The van der Waals surface area contributed by atoms with Crippen molar-refractivity contribution in [2.45, 2.75) is 4.90 Å². The minimum Gasteiger partial charge on any atom is -0.357 e. The fourth-order valence-electron chi connectivity index (χ4n) is 5.74. The molecule has 0 saturated carbocycles. The molecule has 11 nitrogen and oxygen atoms in total. The molecule has 0 amide bonds. The Morgan fingerprint density at radius 2 is 0.844 bits per heavy atom. The minimum absolute atomic E-state index is 0. The first-order chi connectivity index (χ1) is 21.4. The van der Waals surface area contributed by atoms with Crippen LogP contribution in [0.25, 0.3) is 89.7 Å². The fourth-order valence-corrected chi connectivity index (χ4v) is 6.45. The van der Waals surface area contributed by atoms with Gasteiger partial charge in [0.2, 0.25) is 0 Å². The summed E-state index contributed by atoms with van der Waals surface area (Å²) in [5.41, 5.74) is 4.01. The molecule has 2 aliphatic heterocycles. The molecule has 13 heteroatoms. The van der Waals surface area contributed by atoms with Crippen molar-refractivity contribution in [1.82, 2.24) is 39.9 Å². The van der Waals surface area contributed by atoms with Crippen LogP contribution < -0.4 is 9.97 Å². The second-order valence-corrected chi connectivity index (χ2v) is 11.7. The normalized spacial score (nSPS) is 12.1. The van der Waals surface area contributed by atoms with Crippen molar-refractivity contribution in [1.29, 1.82) is 0 Å². The summed E-state index contributed by atoms with van der Waals surface area (Å²) >= 11 is 0. The maximum atomic E-state index is 12.5. The first-order valence-electron chi connectivity index (χ1n) is 13.5. The van der Waals surface area contributed by atoms with Gasteiger partial charge in [-0.05, 0) is 22.2 Å². The zero-order valence-electron chi connectivity index (χ0n) is 22.7. The third-order valence-corrected chi connectivity index (χ3v) is 8.59. The minimum atomic E-state index is -4.64. The van der Waals surface area contributed by atoms with Crippen LogP contribution in [0.1, 0.15) is 0 Å². The summed E-state index contributed by atoms with van der Waals surface area (Å²) in [5.74, 6) is 1.42. The van der Waals surface area contributed by atoms with Crippen molar-refractivity contribution in [3.8, 4) is 45.6 Å². The van der Waals surface area contributed by atoms with Crippen LogP contribution in [0.2, 0.25) is 0 Å². The van der Waals surface area contributed by atoms with Crippen molar-refractivity contribution in [3.63, 3.8) is 0 Å². The predicted molar refractivity (Wildman–Crippen MR) is 164 cm³/mol. The van der Waals surface area contributed by atoms with E-state index >= 15 is 0 Å². The van der Waals surface area contributed by atoms with E-state index in [9.17, 15) is 13.0 Å². The number of fused-ring (bicyclic) bond motifs is 20. The van der Waals surface area contributed by atoms with Gasteiger partial charge in [-0.3, -0.25) is 4.55 Å². The van der Waals surface area contributed by atoms with E-state index in [4.69, 9.17) is 34.9 Å². The molecule has 8 bridgehead atoms. The van der Waals surface area contributed by atoms with Crippen LogP contribution in [-0.4, -0.2) is 42.9 Å². The van der Waals surface area contributed by atoms with Crippen LogP contribution in [0.15, 0.2) is 95.9 Å². The van der Waals surface area contributed by atoms with Crippen molar-refractivity contribution >= 4 is 54.3 Å². The van der Waals surface area contributed by atoms with Gasteiger partial charge in [0.05, 0.1) is 23.3 Å². The Hall–Kier alpha value is -5.33. The molecule has 3 aromatic heterocycles. The molecule has 0 unspecified atom stereocenters. The van der Waals surface area contributed by atoms with Gasteiger partial charge in [-0.2, -0.15) is 8.42 Å². The van der Waals surface area contributed by atoms with Gasteiger partial charge in [0, 0.05) is 50.2 Å². The average molecular weight is 656 g/mol. The summed E-state index contributed by atoms with van der Waals surface area (Å²) in [6.45, 7) is 0. The summed E-state index contributed by atoms with van der Waals surface area (Å²) in [6, 6.07) is 27.2. The Balaban J connectivity index is 0.00000300. The summed E-state index contributed by atoms with van der Waals surface area (Å²) < 4.78 is 35.2. The maximum absolute atomic E-state index is 12.5. The molecule has 0 fully saturated rings. The Bertz CT molecular complexity index is 2660. The zero-order chi connectivity index (χ0) is 29.6. The van der Waals surface area contributed by atoms with E-state index in [-0.39, 0.29) is 44.5 Å². The third-order valence-electron chi connectivity index (χ3n) is 7.69. The van der Waals surface area contributed by atoms with Crippen LogP contribution in [0.4, 0.5) is 0 Å². The monoisotopic (exact) mass is 655 g/mol. The van der Waals surface area contributed by atoms with Crippen LogP contribution in [-0.2, 0) is 27.2 Å². The number of hydrogen-bond donors (Lipinski definition) is 1. The molecule has 9 rings (SSSR count). The molecule has 0 atom stereocenters. The topological polar surface area (TPSA) is 160 Å². The van der Waals surface area contributed by atoms with E-state index in [0.717, 1.165) is 27.5 Å². The van der Waals surface area contributed by atoms with E-state index in [1.165, 1.54) is 12.1 Å². The van der Waals surface area contributed by atoms with Gasteiger partial charge in [0.15, 0.2) is 0 Å². The van der Waals surface area contributed by atoms with Crippen molar-refractivity contribution in [2.75, 3.05) is 0 Å². The fraction of sp³-hybridized carbons (Fsp3) is 0. The van der Waals surface area contributed by atoms with E-state index in [0.29, 0.717) is 39.7 Å². The van der Waals surface area contributed by atoms with Crippen molar-refractivity contribution in [3.05, 3.63) is 91.0 Å². The Labute approximate surface area is 264 Å². The molecule has 0 aliphatic carbocycles. The van der Waals surface area contributed by atoms with E-state index in [1.807, 2.05) is 72.8 Å². The molecule has 1 radical (unpaired) electrons. The average Bonchev–Trinajstić information content (AvgIpc) is 3.76. The first kappa shape index (κ1) is 27.2. The molecule has 7 aromatic rings. The molecule has 1 N–H and O–H groups in total. The van der Waals surface area contributed by atoms with Gasteiger partial charge >= 0.3 is 17.1 Å². The van der Waals surface area contributed by atoms with Crippen molar-refractivity contribution < 1.29 is 30.0 Å². The predicted octanol–water partition coefficient (Wildman–Crippen LogP) is 5.37. The molecule has 0 spiro atoms. The Kier molecular flexibility index (Phi) is 5.96. The van der Waals surface area contributed by atoms with Gasteiger partial charge in [0.25, 0.3) is 10.1 Å². The first-order valence-corrected chi connectivity index (χ1v) is 15.0. The zero-order valence-corrected chi connectivity index (χ0v) is 24.5. The van der Waals surface area contributed by atoms with Crippen LogP contribution >= 0.6 is 0 Å². The Morgan fingerprint density at radius 3 is 1.31 bits per heavy atom. The van der Waals surface area contributed by atoms with E-state index < -0.39 is 10.1 Å². The van der Waals surface area contributed by atoms with E-state index in [2.05, 4.69) is 4.98 Å². The number of rotatable bonds is 1. The van der Waals surface area contributed by atoms with Crippen LogP contribution in [0.3, 0.4) is 0 Å². The smallest absolute Gasteiger partial charge is 0.357 e. The number of benzene rings is 4. The molecule has 219 valence electrons. The summed E-state index contributed by atoms with van der Waals surface area (Å²) in [7, 11) is -4.64. The summed E-state index contributed by atoms with van der Waals surface area (Å²) in [5, 5.41) is 2.11. The molecular weight excluding hydrogens is 640 g/mol. The molecule has 4 aromatic carbocycles. The Morgan fingerprint density at radius 1 is 0.467 bits per heavy atom.